The van der Waals surface area contributed by atoms with Crippen molar-refractivity contribution in [2.24, 2.45) is 5.41 Å². The number of hydrogen-bond acceptors (Lipinski definition) is 4. The van der Waals surface area contributed by atoms with Crippen LogP contribution in [0.15, 0.2) is 60.1 Å². The molecule has 1 aliphatic carbocycles. The van der Waals surface area contributed by atoms with Crippen molar-refractivity contribution in [3.05, 3.63) is 71.2 Å². The molecule has 1 N–H and O–H groups in total. The molecule has 4 rings (SSSR count). The van der Waals surface area contributed by atoms with Gasteiger partial charge < -0.3 is 5.11 Å². The highest BCUT2D eigenvalue weighted by atomic mass is 32.1. The predicted octanol–water partition coefficient (Wildman–Crippen LogP) is 4.32. The van der Waals surface area contributed by atoms with Gasteiger partial charge in [-0.05, 0) is 48.2 Å². The molecule has 0 saturated heterocycles. The molecule has 0 saturated carbocycles. The summed E-state index contributed by atoms with van der Waals surface area (Å²) in [7, 11) is 0. The van der Waals surface area contributed by atoms with E-state index in [-0.39, 0.29) is 11.7 Å². The van der Waals surface area contributed by atoms with Crippen molar-refractivity contribution in [2.45, 2.75) is 19.8 Å². The summed E-state index contributed by atoms with van der Waals surface area (Å²) >= 11 is 1.45. The number of phenolic OH excluding ortho intramolecular Hbond substituents is 1. The van der Waals surface area contributed by atoms with E-state index in [1.165, 1.54) is 11.3 Å². The van der Waals surface area contributed by atoms with Crippen LogP contribution in [0, 0.1) is 5.41 Å². The largest absolute Gasteiger partial charge is 0.508 e. The first-order valence-electron chi connectivity index (χ1n) is 8.17. The minimum atomic E-state index is -0.558. The Balaban J connectivity index is 1.72. The Labute approximate surface area is 150 Å². The SMILES string of the molecule is CC1(C(=O)N(c2ccccc2)c2nccs2)Cc2ccc(O)cc2C1. The van der Waals surface area contributed by atoms with Gasteiger partial charge in [0.1, 0.15) is 5.75 Å². The minimum absolute atomic E-state index is 0.0318. The van der Waals surface area contributed by atoms with Crippen LogP contribution in [0.4, 0.5) is 10.8 Å². The number of amides is 1. The van der Waals surface area contributed by atoms with Crippen LogP contribution in [0.5, 0.6) is 5.75 Å². The van der Waals surface area contributed by atoms with E-state index in [0.29, 0.717) is 18.0 Å². The average Bonchev–Trinajstić information content (AvgIpc) is 3.23. The third kappa shape index (κ3) is 2.81. The van der Waals surface area contributed by atoms with Crippen molar-refractivity contribution in [1.82, 2.24) is 4.98 Å². The van der Waals surface area contributed by atoms with Gasteiger partial charge in [0.05, 0.1) is 11.1 Å². The molecule has 0 radical (unpaired) electrons. The number of para-hydroxylation sites is 1. The molecule has 1 amide bonds. The van der Waals surface area contributed by atoms with Gasteiger partial charge in [-0.25, -0.2) is 4.98 Å². The van der Waals surface area contributed by atoms with Crippen molar-refractivity contribution in [3.8, 4) is 5.75 Å². The van der Waals surface area contributed by atoms with E-state index in [9.17, 15) is 9.90 Å². The third-order valence-electron chi connectivity index (χ3n) is 4.70. The van der Waals surface area contributed by atoms with Crippen molar-refractivity contribution in [3.63, 3.8) is 0 Å². The number of hydrogen-bond donors (Lipinski definition) is 1. The van der Waals surface area contributed by atoms with Gasteiger partial charge in [-0.2, -0.15) is 0 Å². The van der Waals surface area contributed by atoms with Crippen LogP contribution in [0.1, 0.15) is 18.1 Å². The number of aromatic nitrogens is 1. The molecule has 3 aromatic rings. The topological polar surface area (TPSA) is 53.4 Å². The summed E-state index contributed by atoms with van der Waals surface area (Å²) in [6.45, 7) is 2.00. The first-order chi connectivity index (χ1) is 12.1. The Morgan fingerprint density at radius 3 is 2.64 bits per heavy atom. The summed E-state index contributed by atoms with van der Waals surface area (Å²) in [6, 6.07) is 15.0. The monoisotopic (exact) mass is 350 g/mol. The second kappa shape index (κ2) is 6.01. The molecule has 25 heavy (non-hydrogen) atoms. The summed E-state index contributed by atoms with van der Waals surface area (Å²) in [4.78, 5) is 19.6. The molecule has 0 spiro atoms. The van der Waals surface area contributed by atoms with E-state index >= 15 is 0 Å². The second-order valence-corrected chi connectivity index (χ2v) is 7.53. The number of nitrogens with zero attached hydrogens (tertiary/aromatic N) is 2. The summed E-state index contributed by atoms with van der Waals surface area (Å²) in [6.07, 6.45) is 2.99. The Hall–Kier alpha value is -2.66. The van der Waals surface area contributed by atoms with Crippen LogP contribution in [-0.4, -0.2) is 16.0 Å². The maximum Gasteiger partial charge on any atom is 0.239 e. The normalized spacial score (nSPS) is 18.8. The van der Waals surface area contributed by atoms with Crippen LogP contribution in [0.25, 0.3) is 0 Å². The van der Waals surface area contributed by atoms with E-state index in [0.717, 1.165) is 16.8 Å². The second-order valence-electron chi connectivity index (χ2n) is 6.66. The molecule has 0 bridgehead atoms. The molecule has 4 nitrogen and oxygen atoms in total. The molecule has 1 unspecified atom stereocenters. The van der Waals surface area contributed by atoms with Crippen LogP contribution in [0.2, 0.25) is 0 Å². The van der Waals surface area contributed by atoms with Crippen LogP contribution < -0.4 is 4.90 Å². The molecule has 1 heterocycles. The molecule has 0 aliphatic heterocycles. The summed E-state index contributed by atoms with van der Waals surface area (Å²) in [5.41, 5.74) is 2.43. The minimum Gasteiger partial charge on any atom is -0.508 e. The number of thiazole rings is 1. The zero-order valence-electron chi connectivity index (χ0n) is 13.8. The number of carbonyl (C=O) groups excluding carboxylic acids is 1. The third-order valence-corrected chi connectivity index (χ3v) is 5.45. The number of rotatable bonds is 3. The van der Waals surface area contributed by atoms with Gasteiger partial charge >= 0.3 is 0 Å². The highest BCUT2D eigenvalue weighted by Gasteiger charge is 2.43. The van der Waals surface area contributed by atoms with Crippen LogP contribution in [0.3, 0.4) is 0 Å². The number of fused-ring (bicyclic) bond motifs is 1. The predicted molar refractivity (Wildman–Crippen MR) is 99.3 cm³/mol. The molecular weight excluding hydrogens is 332 g/mol. The van der Waals surface area contributed by atoms with Gasteiger partial charge in [-0.3, -0.25) is 9.69 Å². The zero-order valence-corrected chi connectivity index (χ0v) is 14.7. The lowest BCUT2D eigenvalue weighted by Crippen LogP contribution is -2.40. The van der Waals surface area contributed by atoms with Crippen LogP contribution >= 0.6 is 11.3 Å². The molecule has 1 aromatic heterocycles. The van der Waals surface area contributed by atoms with Gasteiger partial charge in [0.2, 0.25) is 5.91 Å². The fourth-order valence-electron chi connectivity index (χ4n) is 3.49. The van der Waals surface area contributed by atoms with E-state index in [4.69, 9.17) is 0 Å². The fourth-order valence-corrected chi connectivity index (χ4v) is 4.15. The number of aromatic hydroxyl groups is 1. The standard InChI is InChI=1S/C20H18N2O2S/c1-20(12-14-7-8-17(23)11-15(14)13-20)18(24)22(19-21-9-10-25-19)16-5-3-2-4-6-16/h2-11,23H,12-13H2,1H3. The van der Waals surface area contributed by atoms with Gasteiger partial charge in [-0.1, -0.05) is 31.2 Å². The highest BCUT2D eigenvalue weighted by Crippen LogP contribution is 2.42. The van der Waals surface area contributed by atoms with E-state index in [1.807, 2.05) is 48.7 Å². The lowest BCUT2D eigenvalue weighted by Gasteiger charge is -2.30. The van der Waals surface area contributed by atoms with Gasteiger partial charge in [-0.15, -0.1) is 11.3 Å². The van der Waals surface area contributed by atoms with E-state index < -0.39 is 5.41 Å². The molecule has 2 aromatic carbocycles. The fraction of sp³-hybridized carbons (Fsp3) is 0.200. The van der Waals surface area contributed by atoms with Crippen molar-refractivity contribution in [2.75, 3.05) is 4.90 Å². The highest BCUT2D eigenvalue weighted by molar-refractivity contribution is 7.13. The maximum absolute atomic E-state index is 13.5. The number of anilines is 2. The van der Waals surface area contributed by atoms with Crippen LogP contribution in [-0.2, 0) is 17.6 Å². The molecule has 1 atom stereocenters. The Morgan fingerprint density at radius 2 is 1.92 bits per heavy atom. The lowest BCUT2D eigenvalue weighted by molar-refractivity contribution is -0.126. The quantitative estimate of drug-likeness (QED) is 0.765. The average molecular weight is 350 g/mol. The lowest BCUT2D eigenvalue weighted by atomic mass is 9.85. The van der Waals surface area contributed by atoms with Crippen molar-refractivity contribution < 1.29 is 9.90 Å². The molecule has 5 heteroatoms. The smallest absolute Gasteiger partial charge is 0.239 e. The number of benzene rings is 2. The number of phenols is 1. The molecule has 0 fully saturated rings. The maximum atomic E-state index is 13.5. The van der Waals surface area contributed by atoms with Gasteiger partial charge in [0, 0.05) is 11.6 Å². The first-order valence-corrected chi connectivity index (χ1v) is 9.05. The van der Waals surface area contributed by atoms with E-state index in [2.05, 4.69) is 4.98 Å². The Morgan fingerprint density at radius 1 is 1.16 bits per heavy atom. The Bertz CT molecular complexity index is 909. The molecule has 1 aliphatic rings. The van der Waals surface area contributed by atoms with E-state index in [1.54, 1.807) is 23.2 Å². The summed E-state index contributed by atoms with van der Waals surface area (Å²) < 4.78 is 0. The van der Waals surface area contributed by atoms with Crippen molar-refractivity contribution in [1.29, 1.82) is 0 Å². The Kier molecular flexibility index (Phi) is 3.81. The number of carbonyl (C=O) groups is 1. The van der Waals surface area contributed by atoms with Crippen molar-refractivity contribution >= 4 is 28.1 Å². The first kappa shape index (κ1) is 15.8. The van der Waals surface area contributed by atoms with Gasteiger partial charge in [0.25, 0.3) is 0 Å². The summed E-state index contributed by atoms with van der Waals surface area (Å²) in [5.74, 6) is 0.277. The van der Waals surface area contributed by atoms with Gasteiger partial charge in [0.15, 0.2) is 5.13 Å². The molecule has 126 valence electrons. The summed E-state index contributed by atoms with van der Waals surface area (Å²) in [5, 5.41) is 12.3. The molecular formula is C20H18N2O2S. The zero-order chi connectivity index (χ0) is 17.4.